The van der Waals surface area contributed by atoms with E-state index in [0.29, 0.717) is 0 Å². The molecule has 7 fully saturated rings. The molecular weight excluding hydrogens is 1080 g/mol. The van der Waals surface area contributed by atoms with Crippen molar-refractivity contribution in [3.63, 3.8) is 0 Å². The van der Waals surface area contributed by atoms with Gasteiger partial charge < -0.3 is 179 Å². The molecule has 2 unspecified atom stereocenters. The highest BCUT2D eigenvalue weighted by atomic mass is 16.8. The lowest BCUT2D eigenvalue weighted by molar-refractivity contribution is -0.401. The van der Waals surface area contributed by atoms with Crippen LogP contribution in [-0.2, 0) is 66.3 Å². The van der Waals surface area contributed by atoms with Crippen LogP contribution in [0.3, 0.4) is 0 Å². The van der Waals surface area contributed by atoms with Crippen LogP contribution in [0.2, 0.25) is 0 Å². The second-order valence-electron chi connectivity index (χ2n) is 19.5. The third kappa shape index (κ3) is 13.2. The minimum absolute atomic E-state index is 0.877. The van der Waals surface area contributed by atoms with Crippen LogP contribution >= 0.6 is 0 Å². The van der Waals surface area contributed by atoms with Gasteiger partial charge in [0.25, 0.3) is 0 Å². The number of rotatable bonds is 19. The lowest BCUT2D eigenvalue weighted by atomic mass is 9.95. The Bertz CT molecular complexity index is 1810. The first-order valence-electron chi connectivity index (χ1n) is 24.6. The minimum Gasteiger partial charge on any atom is -0.394 e. The average molecular weight is 1150 g/mol. The van der Waals surface area contributed by atoms with E-state index in [9.17, 15) is 112 Å². The number of ether oxygens (including phenoxy) is 14. The molecule has 0 amide bonds. The smallest absolute Gasteiger partial charge is 0.188 e. The van der Waals surface area contributed by atoms with Gasteiger partial charge in [0.1, 0.15) is 165 Å². The van der Waals surface area contributed by atoms with Gasteiger partial charge in [-0.3, -0.25) is 0 Å². The third-order valence-corrected chi connectivity index (χ3v) is 14.4. The summed E-state index contributed by atoms with van der Waals surface area (Å²) in [5, 5.41) is 236. The first-order chi connectivity index (χ1) is 36.9. The highest BCUT2D eigenvalue weighted by Gasteiger charge is 2.58. The first kappa shape index (κ1) is 64.1. The van der Waals surface area contributed by atoms with E-state index in [0.717, 1.165) is 7.11 Å². The molecule has 456 valence electrons. The Morgan fingerprint density at radius 1 is 0.256 bits per heavy atom. The molecule has 0 aromatic heterocycles. The summed E-state index contributed by atoms with van der Waals surface area (Å²) in [5.41, 5.74) is 0. The normalized spacial score (nSPS) is 53.5. The van der Waals surface area contributed by atoms with Crippen LogP contribution < -0.4 is 0 Å². The molecule has 78 heavy (non-hydrogen) atoms. The van der Waals surface area contributed by atoms with Crippen molar-refractivity contribution in [1.82, 2.24) is 0 Å². The molecule has 22 N–H and O–H groups in total. The fourth-order valence-electron chi connectivity index (χ4n) is 9.72. The van der Waals surface area contributed by atoms with E-state index in [2.05, 4.69) is 0 Å². The molecule has 36 heteroatoms. The molecule has 7 saturated heterocycles. The number of methoxy groups -OCH3 is 1. The second-order valence-corrected chi connectivity index (χ2v) is 19.5. The summed E-state index contributed by atoms with van der Waals surface area (Å²) in [6.45, 7) is -5.70. The maximum atomic E-state index is 11.9. The maximum Gasteiger partial charge on any atom is 0.188 e. The van der Waals surface area contributed by atoms with Crippen LogP contribution in [-0.4, -0.2) is 374 Å². The molecule has 7 heterocycles. The van der Waals surface area contributed by atoms with Gasteiger partial charge in [-0.1, -0.05) is 0 Å². The van der Waals surface area contributed by atoms with E-state index in [1.54, 1.807) is 0 Å². The molecular formula is C42H72O36. The average Bonchev–Trinajstić information content (AvgIpc) is 3.46. The molecule has 0 bridgehead atoms. The van der Waals surface area contributed by atoms with Gasteiger partial charge in [-0.05, 0) is 0 Å². The van der Waals surface area contributed by atoms with Gasteiger partial charge in [0.05, 0.1) is 39.6 Å². The Balaban J connectivity index is 1.15. The van der Waals surface area contributed by atoms with Gasteiger partial charge in [-0.25, -0.2) is 0 Å². The predicted molar refractivity (Wildman–Crippen MR) is 232 cm³/mol. The van der Waals surface area contributed by atoms with Crippen molar-refractivity contribution < 1.29 is 179 Å². The van der Waals surface area contributed by atoms with Crippen LogP contribution in [0.25, 0.3) is 0 Å². The van der Waals surface area contributed by atoms with Crippen molar-refractivity contribution in [1.29, 1.82) is 0 Å². The molecule has 7 aliphatic heterocycles. The van der Waals surface area contributed by atoms with Gasteiger partial charge in [0.15, 0.2) is 50.3 Å². The molecule has 0 spiro atoms. The summed E-state index contributed by atoms with van der Waals surface area (Å²) >= 11 is 0. The summed E-state index contributed by atoms with van der Waals surface area (Å²) in [6.07, 6.45) is -70.0. The van der Waals surface area contributed by atoms with E-state index in [1.807, 2.05) is 0 Å². The summed E-state index contributed by atoms with van der Waals surface area (Å²) in [4.78, 5) is 0. The molecule has 35 atom stereocenters. The Hall–Kier alpha value is -1.44. The molecule has 0 aliphatic carbocycles. The molecule has 0 aromatic carbocycles. The van der Waals surface area contributed by atoms with Crippen molar-refractivity contribution in [2.45, 2.75) is 215 Å². The summed E-state index contributed by atoms with van der Waals surface area (Å²) < 4.78 is 77.6. The Morgan fingerprint density at radius 3 is 0.846 bits per heavy atom. The van der Waals surface area contributed by atoms with Crippen molar-refractivity contribution in [2.75, 3.05) is 46.8 Å². The quantitative estimate of drug-likeness (QED) is 0.0571. The minimum atomic E-state index is -2.39. The van der Waals surface area contributed by atoms with Crippen LogP contribution in [0, 0.1) is 0 Å². The fraction of sp³-hybridized carbons (Fsp3) is 1.00. The molecule has 0 aromatic rings. The number of aliphatic hydroxyl groups excluding tert-OH is 22. The highest BCUT2D eigenvalue weighted by molar-refractivity contribution is 5.00. The zero-order valence-electron chi connectivity index (χ0n) is 41.0. The van der Waals surface area contributed by atoms with Crippen LogP contribution in [0.15, 0.2) is 0 Å². The molecule has 0 radical (unpaired) electrons. The topological polar surface area (TPSA) is 574 Å². The van der Waals surface area contributed by atoms with Crippen LogP contribution in [0.1, 0.15) is 0 Å². The zero-order valence-corrected chi connectivity index (χ0v) is 41.0. The van der Waals surface area contributed by atoms with Gasteiger partial charge in [-0.2, -0.15) is 0 Å². The SMILES string of the molecule is COC1O[C@H](O)[C@@H](O)[C@H](O[C@H]2O[C@H](COC3O[C@H](CO)[C@@H](O)[C@H](O)[C@H]3O)[C@@H](O)[C@H](O[C@@H]3O[C@H](CO)[C@@H](O)[C@H](O[C@H]4O[C@H](CO[C@@H]5O[C@H](CO)[C@@H](O)[C@H](O)[C@H]5O)[C@@H](O)[C@H](O[C@@H]5O[C@H](CO)[C@@H](O)[C@H](O)[C@H]5O)[C@H]4O)[C@H]3O)[C@H]2O)[C@H]1O. The lowest BCUT2D eigenvalue weighted by Gasteiger charge is -2.50. The Morgan fingerprint density at radius 2 is 0.513 bits per heavy atom. The van der Waals surface area contributed by atoms with Crippen molar-refractivity contribution in [2.24, 2.45) is 0 Å². The molecule has 7 rings (SSSR count). The summed E-state index contributed by atoms with van der Waals surface area (Å²) in [6, 6.07) is 0. The molecule has 0 saturated carbocycles. The van der Waals surface area contributed by atoms with E-state index in [4.69, 9.17) is 66.3 Å². The zero-order chi connectivity index (χ0) is 57.3. The lowest BCUT2D eigenvalue weighted by Crippen LogP contribution is -2.68. The monoisotopic (exact) mass is 1150 g/mol. The molecule has 36 nitrogen and oxygen atoms in total. The largest absolute Gasteiger partial charge is 0.394 e. The van der Waals surface area contributed by atoms with Crippen molar-refractivity contribution in [3.8, 4) is 0 Å². The maximum absolute atomic E-state index is 11.9. The predicted octanol–water partition coefficient (Wildman–Crippen LogP) is -15.7. The standard InChI is InChI=1S/C42H72O36/c1-65-36-27(60)34(26(59)35(64)78-36)77-42-30(63)33(19(52)13(73-42)7-67-38-24(57)21(54)15(48)9(3-44)69-38)76-40-28(61)31(17(50)11(5-46)71-40)75-41-29(62)32(74-39-25(58)22(55)16(49)10(4-45)70-39)18(51)12(72-41)6-66-37-23(56)20(53)14(47)8(2-43)68-37/h8-64H,2-7H2,1H3/t8-,9-,10-,11-,12-,13-,14-,15-,16-,17-,18-,19-,20+,21+,22+,23-,24-,25-,26+,27-,28-,29-,30-,31+,32+,33+,34+,35+,36?,37-,38?,39+,40+,41-,42-/m1/s1. The van der Waals surface area contributed by atoms with Gasteiger partial charge in [0, 0.05) is 7.11 Å². The van der Waals surface area contributed by atoms with Crippen LogP contribution in [0.4, 0.5) is 0 Å². The fourth-order valence-corrected chi connectivity index (χ4v) is 9.72. The second kappa shape index (κ2) is 27.5. The highest BCUT2D eigenvalue weighted by Crippen LogP contribution is 2.37. The van der Waals surface area contributed by atoms with Crippen molar-refractivity contribution in [3.05, 3.63) is 0 Å². The van der Waals surface area contributed by atoms with Crippen LogP contribution in [0.5, 0.6) is 0 Å². The number of aliphatic hydroxyl groups is 22. The number of hydrogen-bond acceptors (Lipinski definition) is 36. The Kier molecular flexibility index (Phi) is 22.6. The van der Waals surface area contributed by atoms with E-state index in [1.165, 1.54) is 0 Å². The van der Waals surface area contributed by atoms with Crippen molar-refractivity contribution >= 4 is 0 Å². The molecule has 7 aliphatic rings. The van der Waals surface area contributed by atoms with E-state index >= 15 is 0 Å². The number of hydrogen-bond donors (Lipinski definition) is 22. The Labute approximate surface area is 440 Å². The van der Waals surface area contributed by atoms with Gasteiger partial charge in [-0.15, -0.1) is 0 Å². The first-order valence-corrected chi connectivity index (χ1v) is 24.6. The van der Waals surface area contributed by atoms with E-state index in [-0.39, 0.29) is 0 Å². The van der Waals surface area contributed by atoms with Gasteiger partial charge in [0.2, 0.25) is 0 Å². The summed E-state index contributed by atoms with van der Waals surface area (Å²) in [5.74, 6) is 0. The van der Waals surface area contributed by atoms with E-state index < -0.39 is 255 Å². The van der Waals surface area contributed by atoms with Gasteiger partial charge >= 0.3 is 0 Å². The summed E-state index contributed by atoms with van der Waals surface area (Å²) in [7, 11) is 1.05. The third-order valence-electron chi connectivity index (χ3n) is 14.4.